The smallest absolute Gasteiger partial charge is 0.127 e. The van der Waals surface area contributed by atoms with Crippen molar-refractivity contribution in [2.24, 2.45) is 5.73 Å². The first kappa shape index (κ1) is 13.6. The molecule has 0 atom stereocenters. The quantitative estimate of drug-likeness (QED) is 0.887. The molecule has 0 saturated heterocycles. The predicted octanol–water partition coefficient (Wildman–Crippen LogP) is 3.74. The lowest BCUT2D eigenvalue weighted by molar-refractivity contribution is 0.318. The van der Waals surface area contributed by atoms with E-state index in [-0.39, 0.29) is 5.82 Å². The Balaban J connectivity index is 2.46. The van der Waals surface area contributed by atoms with Gasteiger partial charge in [-0.05, 0) is 35.7 Å². The predicted molar refractivity (Wildman–Crippen MR) is 75.5 cm³/mol. The monoisotopic (exact) mass is 259 g/mol. The lowest BCUT2D eigenvalue weighted by atomic mass is 9.98. The van der Waals surface area contributed by atoms with Crippen LogP contribution in [0.2, 0.25) is 0 Å². The van der Waals surface area contributed by atoms with Crippen molar-refractivity contribution in [1.29, 1.82) is 0 Å². The van der Waals surface area contributed by atoms with Crippen molar-refractivity contribution in [3.05, 3.63) is 53.8 Å². The first-order chi connectivity index (χ1) is 9.26. The molecule has 0 aliphatic carbocycles. The highest BCUT2D eigenvalue weighted by atomic mass is 19.1. The lowest BCUT2D eigenvalue weighted by Crippen LogP contribution is -2.02. The van der Waals surface area contributed by atoms with Gasteiger partial charge in [0.05, 0.1) is 6.61 Å². The van der Waals surface area contributed by atoms with Crippen LogP contribution in [0.3, 0.4) is 0 Å². The van der Waals surface area contributed by atoms with Gasteiger partial charge in [0.15, 0.2) is 0 Å². The number of para-hydroxylation sites is 1. The van der Waals surface area contributed by atoms with Gasteiger partial charge in [-0.25, -0.2) is 4.39 Å². The number of rotatable bonds is 5. The Morgan fingerprint density at radius 3 is 2.63 bits per heavy atom. The molecular weight excluding hydrogens is 241 g/mol. The van der Waals surface area contributed by atoms with Crippen molar-refractivity contribution < 1.29 is 9.13 Å². The first-order valence-electron chi connectivity index (χ1n) is 6.47. The molecule has 0 aliphatic heterocycles. The highest BCUT2D eigenvalue weighted by Crippen LogP contribution is 2.32. The van der Waals surface area contributed by atoms with E-state index in [0.29, 0.717) is 13.2 Å². The molecule has 2 nitrogen and oxygen atoms in total. The van der Waals surface area contributed by atoms with Gasteiger partial charge in [0.1, 0.15) is 11.6 Å². The summed E-state index contributed by atoms with van der Waals surface area (Å²) < 4.78 is 19.0. The molecule has 0 unspecified atom stereocenters. The van der Waals surface area contributed by atoms with Crippen LogP contribution in [-0.2, 0) is 6.54 Å². The minimum absolute atomic E-state index is 0.267. The van der Waals surface area contributed by atoms with E-state index in [4.69, 9.17) is 10.5 Å². The molecule has 0 heterocycles. The highest BCUT2D eigenvalue weighted by Gasteiger charge is 2.10. The number of halogens is 1. The Kier molecular flexibility index (Phi) is 4.53. The molecule has 0 fully saturated rings. The van der Waals surface area contributed by atoms with Crippen molar-refractivity contribution in [2.75, 3.05) is 6.61 Å². The fourth-order valence-corrected chi connectivity index (χ4v) is 2.02. The summed E-state index contributed by atoms with van der Waals surface area (Å²) in [6, 6.07) is 12.5. The number of nitrogens with two attached hydrogens (primary N) is 1. The molecule has 2 aromatic carbocycles. The third kappa shape index (κ3) is 3.12. The van der Waals surface area contributed by atoms with Gasteiger partial charge in [0, 0.05) is 12.1 Å². The Morgan fingerprint density at radius 2 is 1.89 bits per heavy atom. The van der Waals surface area contributed by atoms with Gasteiger partial charge in [0.2, 0.25) is 0 Å². The van der Waals surface area contributed by atoms with Crippen LogP contribution >= 0.6 is 0 Å². The maximum atomic E-state index is 13.3. The van der Waals surface area contributed by atoms with Gasteiger partial charge in [0.25, 0.3) is 0 Å². The second-order valence-electron chi connectivity index (χ2n) is 4.35. The van der Waals surface area contributed by atoms with Gasteiger partial charge < -0.3 is 10.5 Å². The van der Waals surface area contributed by atoms with Gasteiger partial charge in [-0.3, -0.25) is 0 Å². The van der Waals surface area contributed by atoms with Gasteiger partial charge in [-0.15, -0.1) is 0 Å². The largest absolute Gasteiger partial charge is 0.493 e. The van der Waals surface area contributed by atoms with Crippen LogP contribution in [0.5, 0.6) is 5.75 Å². The molecule has 0 aromatic heterocycles. The molecular formula is C16H18FNO. The van der Waals surface area contributed by atoms with Gasteiger partial charge >= 0.3 is 0 Å². The number of ether oxygens (including phenoxy) is 1. The molecule has 0 spiro atoms. The normalized spacial score (nSPS) is 10.5. The standard InChI is InChI=1S/C16H18FNO/c1-2-9-19-16-6-4-3-5-15(16)14-8-7-13(17)10-12(14)11-18/h3-8,10H,2,9,11,18H2,1H3. The summed E-state index contributed by atoms with van der Waals surface area (Å²) in [6.45, 7) is 3.02. The van der Waals surface area contributed by atoms with Crippen LogP contribution in [0.25, 0.3) is 11.1 Å². The highest BCUT2D eigenvalue weighted by molar-refractivity contribution is 5.73. The molecule has 100 valence electrons. The van der Waals surface area contributed by atoms with Crippen LogP contribution in [0.1, 0.15) is 18.9 Å². The van der Waals surface area contributed by atoms with E-state index in [0.717, 1.165) is 28.9 Å². The third-order valence-electron chi connectivity index (χ3n) is 2.93. The van der Waals surface area contributed by atoms with Crippen molar-refractivity contribution in [1.82, 2.24) is 0 Å². The zero-order valence-electron chi connectivity index (χ0n) is 11.0. The maximum Gasteiger partial charge on any atom is 0.127 e. The van der Waals surface area contributed by atoms with Crippen molar-refractivity contribution in [3.63, 3.8) is 0 Å². The number of benzene rings is 2. The Morgan fingerprint density at radius 1 is 1.11 bits per heavy atom. The summed E-state index contributed by atoms with van der Waals surface area (Å²) in [7, 11) is 0. The molecule has 2 rings (SSSR count). The summed E-state index contributed by atoms with van der Waals surface area (Å²) in [6.07, 6.45) is 0.946. The van der Waals surface area contributed by atoms with Gasteiger partial charge in [-0.1, -0.05) is 31.2 Å². The average molecular weight is 259 g/mol. The van der Waals surface area contributed by atoms with E-state index in [1.165, 1.54) is 12.1 Å². The molecule has 2 aromatic rings. The molecule has 0 amide bonds. The summed E-state index contributed by atoms with van der Waals surface area (Å²) in [4.78, 5) is 0. The third-order valence-corrected chi connectivity index (χ3v) is 2.93. The maximum absolute atomic E-state index is 13.3. The summed E-state index contributed by atoms with van der Waals surface area (Å²) >= 11 is 0. The van der Waals surface area contributed by atoms with E-state index in [9.17, 15) is 4.39 Å². The summed E-state index contributed by atoms with van der Waals surface area (Å²) in [5, 5.41) is 0. The van der Waals surface area contributed by atoms with E-state index in [2.05, 4.69) is 6.92 Å². The van der Waals surface area contributed by atoms with E-state index < -0.39 is 0 Å². The fourth-order valence-electron chi connectivity index (χ4n) is 2.02. The van der Waals surface area contributed by atoms with E-state index >= 15 is 0 Å². The second-order valence-corrected chi connectivity index (χ2v) is 4.35. The minimum Gasteiger partial charge on any atom is -0.493 e. The SMILES string of the molecule is CCCOc1ccccc1-c1ccc(F)cc1CN. The number of hydrogen-bond acceptors (Lipinski definition) is 2. The zero-order chi connectivity index (χ0) is 13.7. The topological polar surface area (TPSA) is 35.2 Å². The van der Waals surface area contributed by atoms with E-state index in [1.54, 1.807) is 6.07 Å². The molecule has 3 heteroatoms. The molecule has 0 aliphatic rings. The van der Waals surface area contributed by atoms with Crippen LogP contribution in [-0.4, -0.2) is 6.61 Å². The molecule has 19 heavy (non-hydrogen) atoms. The summed E-state index contributed by atoms with van der Waals surface area (Å²) in [5.74, 6) is 0.543. The van der Waals surface area contributed by atoms with Crippen LogP contribution in [0, 0.1) is 5.82 Å². The number of hydrogen-bond donors (Lipinski definition) is 1. The van der Waals surface area contributed by atoms with Crippen molar-refractivity contribution in [3.8, 4) is 16.9 Å². The van der Waals surface area contributed by atoms with Gasteiger partial charge in [-0.2, -0.15) is 0 Å². The van der Waals surface area contributed by atoms with Crippen molar-refractivity contribution in [2.45, 2.75) is 19.9 Å². The molecule has 0 radical (unpaired) electrons. The first-order valence-corrected chi connectivity index (χ1v) is 6.47. The van der Waals surface area contributed by atoms with Crippen LogP contribution < -0.4 is 10.5 Å². The van der Waals surface area contributed by atoms with Crippen LogP contribution in [0.15, 0.2) is 42.5 Å². The summed E-state index contributed by atoms with van der Waals surface area (Å²) in [5.41, 5.74) is 8.37. The fraction of sp³-hybridized carbons (Fsp3) is 0.250. The second kappa shape index (κ2) is 6.34. The molecule has 2 N–H and O–H groups in total. The zero-order valence-corrected chi connectivity index (χ0v) is 11.0. The molecule has 0 saturated carbocycles. The Bertz CT molecular complexity index is 554. The Hall–Kier alpha value is -1.87. The minimum atomic E-state index is -0.267. The molecule has 0 bridgehead atoms. The van der Waals surface area contributed by atoms with Crippen molar-refractivity contribution >= 4 is 0 Å². The van der Waals surface area contributed by atoms with Crippen LogP contribution in [0.4, 0.5) is 4.39 Å². The lowest BCUT2D eigenvalue weighted by Gasteiger charge is -2.13. The average Bonchev–Trinajstić information content (AvgIpc) is 2.45. The van der Waals surface area contributed by atoms with E-state index in [1.807, 2.05) is 24.3 Å². The Labute approximate surface area is 113 Å².